The van der Waals surface area contributed by atoms with Gasteiger partial charge in [0.2, 0.25) is 0 Å². The number of hydrogen-bond donors (Lipinski definition) is 1. The average molecular weight is 289 g/mol. The number of nitrogens with zero attached hydrogens (tertiary/aromatic N) is 1. The molecule has 0 amide bonds. The number of rotatable bonds is 3. The molecular weight excluding hydrogens is 272 g/mol. The van der Waals surface area contributed by atoms with E-state index in [0.29, 0.717) is 6.04 Å². The first kappa shape index (κ1) is 11.6. The lowest BCUT2D eigenvalue weighted by Gasteiger charge is -2.33. The first-order valence-electron chi connectivity index (χ1n) is 5.51. The van der Waals surface area contributed by atoms with E-state index in [1.165, 1.54) is 28.2 Å². The van der Waals surface area contributed by atoms with Crippen molar-refractivity contribution >= 4 is 27.3 Å². The van der Waals surface area contributed by atoms with Gasteiger partial charge in [0.05, 0.1) is 3.79 Å². The zero-order chi connectivity index (χ0) is 10.7. The fourth-order valence-corrected chi connectivity index (χ4v) is 3.78. The van der Waals surface area contributed by atoms with Crippen LogP contribution in [0, 0.1) is 0 Å². The van der Waals surface area contributed by atoms with Gasteiger partial charge < -0.3 is 5.32 Å². The summed E-state index contributed by atoms with van der Waals surface area (Å²) in [7, 11) is 0. The standard InChI is InChI=1S/C11H17BrN2S/c1-2-9(10-3-4-11(12)15-10)14-7-5-13-6-8-14/h3-4,9,13H,2,5-8H2,1H3/t9-/m1/s1. The van der Waals surface area contributed by atoms with Gasteiger partial charge in [-0.2, -0.15) is 0 Å². The van der Waals surface area contributed by atoms with Gasteiger partial charge in [0, 0.05) is 37.1 Å². The van der Waals surface area contributed by atoms with Gasteiger partial charge in [0.15, 0.2) is 0 Å². The first-order valence-corrected chi connectivity index (χ1v) is 7.12. The van der Waals surface area contributed by atoms with E-state index in [-0.39, 0.29) is 0 Å². The van der Waals surface area contributed by atoms with Crippen LogP contribution in [0.1, 0.15) is 24.3 Å². The van der Waals surface area contributed by atoms with E-state index in [4.69, 9.17) is 0 Å². The average Bonchev–Trinajstić information content (AvgIpc) is 2.68. The number of nitrogens with one attached hydrogen (secondary N) is 1. The minimum atomic E-state index is 0.614. The summed E-state index contributed by atoms with van der Waals surface area (Å²) in [6.45, 7) is 6.88. The van der Waals surface area contributed by atoms with Crippen molar-refractivity contribution in [1.29, 1.82) is 0 Å². The van der Waals surface area contributed by atoms with Gasteiger partial charge >= 0.3 is 0 Å². The van der Waals surface area contributed by atoms with Crippen molar-refractivity contribution < 1.29 is 0 Å². The van der Waals surface area contributed by atoms with E-state index in [0.717, 1.165) is 13.1 Å². The maximum Gasteiger partial charge on any atom is 0.0701 e. The quantitative estimate of drug-likeness (QED) is 0.920. The van der Waals surface area contributed by atoms with Gasteiger partial charge in [-0.1, -0.05) is 6.92 Å². The van der Waals surface area contributed by atoms with Crippen molar-refractivity contribution in [2.24, 2.45) is 0 Å². The molecule has 0 spiro atoms. The topological polar surface area (TPSA) is 15.3 Å². The highest BCUT2D eigenvalue weighted by Gasteiger charge is 2.21. The first-order chi connectivity index (χ1) is 7.31. The summed E-state index contributed by atoms with van der Waals surface area (Å²) in [5.74, 6) is 0. The van der Waals surface area contributed by atoms with E-state index in [1.54, 1.807) is 0 Å². The molecule has 2 rings (SSSR count). The molecule has 1 aromatic heterocycles. The smallest absolute Gasteiger partial charge is 0.0701 e. The van der Waals surface area contributed by atoms with Gasteiger partial charge in [-0.25, -0.2) is 0 Å². The third-order valence-corrected chi connectivity index (χ3v) is 4.63. The molecule has 1 N–H and O–H groups in total. The molecule has 0 bridgehead atoms. The van der Waals surface area contributed by atoms with Crippen LogP contribution in [0.5, 0.6) is 0 Å². The lowest BCUT2D eigenvalue weighted by atomic mass is 10.1. The van der Waals surface area contributed by atoms with E-state index in [9.17, 15) is 0 Å². The van der Waals surface area contributed by atoms with Crippen LogP contribution in [0.4, 0.5) is 0 Å². The molecule has 1 saturated heterocycles. The highest BCUT2D eigenvalue weighted by Crippen LogP contribution is 2.32. The summed E-state index contributed by atoms with van der Waals surface area (Å²) in [5.41, 5.74) is 0. The fourth-order valence-electron chi connectivity index (χ4n) is 2.14. The van der Waals surface area contributed by atoms with Gasteiger partial charge in [0.1, 0.15) is 0 Å². The van der Waals surface area contributed by atoms with Crippen molar-refractivity contribution in [3.8, 4) is 0 Å². The zero-order valence-corrected chi connectivity index (χ0v) is 11.4. The van der Waals surface area contributed by atoms with Crippen LogP contribution >= 0.6 is 27.3 Å². The molecule has 15 heavy (non-hydrogen) atoms. The minimum Gasteiger partial charge on any atom is -0.314 e. The molecule has 0 saturated carbocycles. The van der Waals surface area contributed by atoms with Gasteiger partial charge in [0.25, 0.3) is 0 Å². The minimum absolute atomic E-state index is 0.614. The molecule has 4 heteroatoms. The SMILES string of the molecule is CC[C@H](c1ccc(Br)s1)N1CCNCC1. The molecule has 0 unspecified atom stereocenters. The van der Waals surface area contributed by atoms with Crippen LogP contribution in [0.25, 0.3) is 0 Å². The van der Waals surface area contributed by atoms with E-state index in [1.807, 2.05) is 11.3 Å². The summed E-state index contributed by atoms with van der Waals surface area (Å²) in [6.07, 6.45) is 1.20. The molecule has 0 aliphatic carbocycles. The molecule has 84 valence electrons. The van der Waals surface area contributed by atoms with E-state index in [2.05, 4.69) is 45.2 Å². The third-order valence-electron chi connectivity index (χ3n) is 2.90. The summed E-state index contributed by atoms with van der Waals surface area (Å²) < 4.78 is 1.24. The van der Waals surface area contributed by atoms with Crippen LogP contribution in [-0.4, -0.2) is 31.1 Å². The Hall–Kier alpha value is 0.1000. The maximum atomic E-state index is 3.54. The van der Waals surface area contributed by atoms with Crippen LogP contribution < -0.4 is 5.32 Å². The lowest BCUT2D eigenvalue weighted by Crippen LogP contribution is -2.44. The summed E-state index contributed by atoms with van der Waals surface area (Å²) in [4.78, 5) is 4.08. The Morgan fingerprint density at radius 1 is 1.47 bits per heavy atom. The van der Waals surface area contributed by atoms with E-state index < -0.39 is 0 Å². The van der Waals surface area contributed by atoms with Crippen molar-refractivity contribution in [2.45, 2.75) is 19.4 Å². The Labute approximate surface area is 104 Å². The molecule has 1 aliphatic rings. The number of hydrogen-bond acceptors (Lipinski definition) is 3. The molecule has 2 heterocycles. The summed E-state index contributed by atoms with van der Waals surface area (Å²) >= 11 is 5.41. The largest absolute Gasteiger partial charge is 0.314 e. The van der Waals surface area contributed by atoms with Crippen molar-refractivity contribution in [2.75, 3.05) is 26.2 Å². The van der Waals surface area contributed by atoms with Crippen molar-refractivity contribution in [1.82, 2.24) is 10.2 Å². The van der Waals surface area contributed by atoms with Crippen molar-refractivity contribution in [3.63, 3.8) is 0 Å². The predicted molar refractivity (Wildman–Crippen MR) is 69.5 cm³/mol. The molecule has 1 aliphatic heterocycles. The summed E-state index contributed by atoms with van der Waals surface area (Å²) in [6, 6.07) is 5.03. The zero-order valence-electron chi connectivity index (χ0n) is 9.00. The fraction of sp³-hybridized carbons (Fsp3) is 0.636. The maximum absolute atomic E-state index is 3.54. The van der Waals surface area contributed by atoms with Gasteiger partial charge in [-0.15, -0.1) is 11.3 Å². The number of halogens is 1. The molecular formula is C11H17BrN2S. The Morgan fingerprint density at radius 2 is 2.20 bits per heavy atom. The Bertz CT molecular complexity index is 307. The monoisotopic (exact) mass is 288 g/mol. The summed E-state index contributed by atoms with van der Waals surface area (Å²) in [5, 5.41) is 3.40. The Morgan fingerprint density at radius 3 is 2.73 bits per heavy atom. The molecule has 1 atom stereocenters. The second-order valence-electron chi connectivity index (χ2n) is 3.85. The second kappa shape index (κ2) is 5.43. The van der Waals surface area contributed by atoms with Crippen LogP contribution in [0.2, 0.25) is 0 Å². The second-order valence-corrected chi connectivity index (χ2v) is 6.35. The Balaban J connectivity index is 2.08. The molecule has 0 radical (unpaired) electrons. The van der Waals surface area contributed by atoms with Crippen LogP contribution in [-0.2, 0) is 0 Å². The Kier molecular flexibility index (Phi) is 4.20. The van der Waals surface area contributed by atoms with Crippen molar-refractivity contribution in [3.05, 3.63) is 20.8 Å². The number of thiophene rings is 1. The van der Waals surface area contributed by atoms with Crippen LogP contribution in [0.15, 0.2) is 15.9 Å². The predicted octanol–water partition coefficient (Wildman–Crippen LogP) is 2.87. The molecule has 1 fully saturated rings. The molecule has 1 aromatic rings. The molecule has 0 aromatic carbocycles. The normalized spacial score (nSPS) is 20.4. The number of piperazine rings is 1. The lowest BCUT2D eigenvalue weighted by molar-refractivity contribution is 0.172. The van der Waals surface area contributed by atoms with Crippen LogP contribution in [0.3, 0.4) is 0 Å². The van der Waals surface area contributed by atoms with E-state index >= 15 is 0 Å². The highest BCUT2D eigenvalue weighted by molar-refractivity contribution is 9.11. The van der Waals surface area contributed by atoms with Gasteiger partial charge in [-0.05, 0) is 34.5 Å². The highest BCUT2D eigenvalue weighted by atomic mass is 79.9. The molecule has 2 nitrogen and oxygen atoms in total. The van der Waals surface area contributed by atoms with Gasteiger partial charge in [-0.3, -0.25) is 4.90 Å². The third kappa shape index (κ3) is 2.81.